The third kappa shape index (κ3) is 3.09. The molecule has 0 aliphatic heterocycles. The molecular weight excluding hydrogens is 380 g/mol. The van der Waals surface area contributed by atoms with Crippen LogP contribution in [0.4, 0.5) is 4.39 Å². The van der Waals surface area contributed by atoms with E-state index in [0.29, 0.717) is 11.4 Å². The highest BCUT2D eigenvalue weighted by molar-refractivity contribution is 14.1. The standard InChI is InChI=1S/C13H14ClFIN3/c1-7-13(14)12(19(2)18-7)6-11(17)9-4-3-8(15)5-10(9)16/h3-5,11H,6,17H2,1-2H3. The molecule has 2 rings (SSSR count). The van der Waals surface area contributed by atoms with Gasteiger partial charge in [0.05, 0.1) is 16.4 Å². The van der Waals surface area contributed by atoms with Crippen molar-refractivity contribution >= 4 is 34.2 Å². The molecule has 0 saturated carbocycles. The molecule has 2 N–H and O–H groups in total. The second-order valence-electron chi connectivity index (χ2n) is 4.45. The van der Waals surface area contributed by atoms with Gasteiger partial charge in [0.1, 0.15) is 5.82 Å². The Morgan fingerprint density at radius 1 is 1.53 bits per heavy atom. The SMILES string of the molecule is Cc1nn(C)c(CC(N)c2ccc(F)cc2I)c1Cl. The van der Waals surface area contributed by atoms with Crippen molar-refractivity contribution in [2.45, 2.75) is 19.4 Å². The molecule has 1 heterocycles. The number of nitrogens with two attached hydrogens (primary N) is 1. The molecule has 0 aliphatic carbocycles. The molecule has 19 heavy (non-hydrogen) atoms. The zero-order valence-electron chi connectivity index (χ0n) is 10.6. The highest BCUT2D eigenvalue weighted by Gasteiger charge is 2.17. The number of rotatable bonds is 3. The number of hydrogen-bond donors (Lipinski definition) is 1. The molecular formula is C13H14ClFIN3. The van der Waals surface area contributed by atoms with Crippen LogP contribution in [0.15, 0.2) is 18.2 Å². The summed E-state index contributed by atoms with van der Waals surface area (Å²) in [6.45, 7) is 1.86. The van der Waals surface area contributed by atoms with Crippen LogP contribution in [-0.2, 0) is 13.5 Å². The van der Waals surface area contributed by atoms with Crippen molar-refractivity contribution in [1.29, 1.82) is 0 Å². The molecule has 1 aromatic heterocycles. The maximum atomic E-state index is 13.1. The first-order valence-corrected chi connectivity index (χ1v) is 7.24. The van der Waals surface area contributed by atoms with Crippen molar-refractivity contribution in [2.75, 3.05) is 0 Å². The van der Waals surface area contributed by atoms with Gasteiger partial charge in [-0.15, -0.1) is 0 Å². The maximum absolute atomic E-state index is 13.1. The molecule has 102 valence electrons. The Labute approximate surface area is 130 Å². The smallest absolute Gasteiger partial charge is 0.124 e. The van der Waals surface area contributed by atoms with Gasteiger partial charge in [-0.2, -0.15) is 5.10 Å². The van der Waals surface area contributed by atoms with E-state index in [1.54, 1.807) is 10.7 Å². The Morgan fingerprint density at radius 3 is 2.74 bits per heavy atom. The van der Waals surface area contributed by atoms with E-state index in [1.807, 2.05) is 14.0 Å². The van der Waals surface area contributed by atoms with Gasteiger partial charge in [-0.3, -0.25) is 4.68 Å². The Hall–Kier alpha value is -0.660. The fraction of sp³-hybridized carbons (Fsp3) is 0.308. The quantitative estimate of drug-likeness (QED) is 0.813. The summed E-state index contributed by atoms with van der Waals surface area (Å²) in [6, 6.07) is 4.39. The third-order valence-electron chi connectivity index (χ3n) is 3.04. The molecule has 0 aliphatic rings. The summed E-state index contributed by atoms with van der Waals surface area (Å²) in [5, 5.41) is 4.91. The second-order valence-corrected chi connectivity index (χ2v) is 5.99. The average Bonchev–Trinajstić information content (AvgIpc) is 2.56. The molecule has 0 amide bonds. The van der Waals surface area contributed by atoms with Crippen molar-refractivity contribution in [3.8, 4) is 0 Å². The number of aryl methyl sites for hydroxylation is 2. The van der Waals surface area contributed by atoms with E-state index in [0.717, 1.165) is 20.5 Å². The summed E-state index contributed by atoms with van der Waals surface area (Å²) in [5.41, 5.74) is 8.80. The molecule has 6 heteroatoms. The first kappa shape index (κ1) is 14.7. The number of halogens is 3. The normalized spacial score (nSPS) is 12.7. The lowest BCUT2D eigenvalue weighted by Gasteiger charge is -2.14. The molecule has 0 radical (unpaired) electrons. The fourth-order valence-electron chi connectivity index (χ4n) is 2.02. The lowest BCUT2D eigenvalue weighted by atomic mass is 10.0. The van der Waals surface area contributed by atoms with Crippen LogP contribution in [0.25, 0.3) is 0 Å². The van der Waals surface area contributed by atoms with Crippen LogP contribution in [-0.4, -0.2) is 9.78 Å². The second kappa shape index (κ2) is 5.76. The van der Waals surface area contributed by atoms with Gasteiger partial charge in [-0.1, -0.05) is 17.7 Å². The Balaban J connectivity index is 2.28. The van der Waals surface area contributed by atoms with Crippen molar-refractivity contribution < 1.29 is 4.39 Å². The van der Waals surface area contributed by atoms with Crippen LogP contribution >= 0.6 is 34.2 Å². The van der Waals surface area contributed by atoms with Gasteiger partial charge in [0.2, 0.25) is 0 Å². The van der Waals surface area contributed by atoms with E-state index < -0.39 is 0 Å². The lowest BCUT2D eigenvalue weighted by Crippen LogP contribution is -2.17. The summed E-state index contributed by atoms with van der Waals surface area (Å²) >= 11 is 8.30. The summed E-state index contributed by atoms with van der Waals surface area (Å²) in [4.78, 5) is 0. The van der Waals surface area contributed by atoms with Crippen molar-refractivity contribution in [3.63, 3.8) is 0 Å². The van der Waals surface area contributed by atoms with Gasteiger partial charge in [0.25, 0.3) is 0 Å². The van der Waals surface area contributed by atoms with E-state index in [1.165, 1.54) is 12.1 Å². The maximum Gasteiger partial charge on any atom is 0.124 e. The van der Waals surface area contributed by atoms with E-state index in [9.17, 15) is 4.39 Å². The molecule has 0 bridgehead atoms. The van der Waals surface area contributed by atoms with Crippen molar-refractivity contribution in [2.24, 2.45) is 12.8 Å². The van der Waals surface area contributed by atoms with Gasteiger partial charge in [0, 0.05) is 23.1 Å². The first-order chi connectivity index (χ1) is 8.90. The number of nitrogens with zero attached hydrogens (tertiary/aromatic N) is 2. The van der Waals surface area contributed by atoms with Gasteiger partial charge in [-0.25, -0.2) is 4.39 Å². The van der Waals surface area contributed by atoms with E-state index in [-0.39, 0.29) is 11.9 Å². The molecule has 1 aromatic carbocycles. The summed E-state index contributed by atoms with van der Waals surface area (Å²) in [6.07, 6.45) is 0.567. The molecule has 1 unspecified atom stereocenters. The molecule has 0 saturated heterocycles. The van der Waals surface area contributed by atoms with E-state index >= 15 is 0 Å². The monoisotopic (exact) mass is 393 g/mol. The summed E-state index contributed by atoms with van der Waals surface area (Å²) < 4.78 is 15.7. The molecule has 3 nitrogen and oxygen atoms in total. The van der Waals surface area contributed by atoms with Crippen LogP contribution in [0.1, 0.15) is 23.0 Å². The van der Waals surface area contributed by atoms with Gasteiger partial charge < -0.3 is 5.73 Å². The Kier molecular flexibility index (Phi) is 4.47. The minimum atomic E-state index is -0.255. The van der Waals surface area contributed by atoms with Crippen LogP contribution in [0.3, 0.4) is 0 Å². The highest BCUT2D eigenvalue weighted by atomic mass is 127. The highest BCUT2D eigenvalue weighted by Crippen LogP contribution is 2.26. The zero-order valence-corrected chi connectivity index (χ0v) is 13.5. The van der Waals surface area contributed by atoms with E-state index in [4.69, 9.17) is 17.3 Å². The fourth-order valence-corrected chi connectivity index (χ4v) is 3.14. The topological polar surface area (TPSA) is 43.8 Å². The number of aromatic nitrogens is 2. The minimum absolute atomic E-state index is 0.236. The summed E-state index contributed by atoms with van der Waals surface area (Å²) in [5.74, 6) is -0.255. The van der Waals surface area contributed by atoms with Crippen molar-refractivity contribution in [1.82, 2.24) is 9.78 Å². The Morgan fingerprint density at radius 2 is 2.21 bits per heavy atom. The zero-order chi connectivity index (χ0) is 14.2. The minimum Gasteiger partial charge on any atom is -0.324 e. The predicted molar refractivity (Wildman–Crippen MR) is 82.7 cm³/mol. The van der Waals surface area contributed by atoms with Crippen LogP contribution in [0.2, 0.25) is 5.02 Å². The van der Waals surface area contributed by atoms with Crippen LogP contribution < -0.4 is 5.73 Å². The predicted octanol–water partition coefficient (Wildman–Crippen LogP) is 3.37. The molecule has 0 spiro atoms. The van der Waals surface area contributed by atoms with Crippen molar-refractivity contribution in [3.05, 3.63) is 49.6 Å². The largest absolute Gasteiger partial charge is 0.324 e. The first-order valence-electron chi connectivity index (χ1n) is 5.78. The van der Waals surface area contributed by atoms with Gasteiger partial charge >= 0.3 is 0 Å². The molecule has 2 aromatic rings. The summed E-state index contributed by atoms with van der Waals surface area (Å²) in [7, 11) is 1.84. The van der Waals surface area contributed by atoms with E-state index in [2.05, 4.69) is 27.7 Å². The Bertz CT molecular complexity index is 612. The number of benzene rings is 1. The third-order valence-corrected chi connectivity index (χ3v) is 4.46. The van der Waals surface area contributed by atoms with Gasteiger partial charge in [0.15, 0.2) is 0 Å². The van der Waals surface area contributed by atoms with Crippen LogP contribution in [0.5, 0.6) is 0 Å². The number of hydrogen-bond acceptors (Lipinski definition) is 2. The average molecular weight is 394 g/mol. The van der Waals surface area contributed by atoms with Crippen LogP contribution in [0, 0.1) is 16.3 Å². The van der Waals surface area contributed by atoms with Gasteiger partial charge in [-0.05, 0) is 47.2 Å². The lowest BCUT2D eigenvalue weighted by molar-refractivity contribution is 0.616. The molecule has 1 atom stereocenters. The molecule has 0 fully saturated rings.